The van der Waals surface area contributed by atoms with Crippen molar-refractivity contribution in [1.82, 2.24) is 14.8 Å². The van der Waals surface area contributed by atoms with Gasteiger partial charge in [0, 0.05) is 53.5 Å². The second-order valence-electron chi connectivity index (χ2n) is 11.3. The van der Waals surface area contributed by atoms with Crippen molar-refractivity contribution < 1.29 is 27.1 Å². The lowest BCUT2D eigenvalue weighted by Gasteiger charge is -2.42. The van der Waals surface area contributed by atoms with Gasteiger partial charge in [0.25, 0.3) is 5.92 Å². The van der Waals surface area contributed by atoms with Gasteiger partial charge >= 0.3 is 0 Å². The summed E-state index contributed by atoms with van der Waals surface area (Å²) in [5.41, 5.74) is 4.70. The number of alkyl halides is 3. The van der Waals surface area contributed by atoms with Crippen LogP contribution in [0.4, 0.5) is 27.6 Å². The predicted molar refractivity (Wildman–Crippen MR) is 140 cm³/mol. The Hall–Kier alpha value is -2.69. The summed E-state index contributed by atoms with van der Waals surface area (Å²) in [7, 11) is 0. The minimum Gasteiger partial charge on any atom is -0.390 e. The lowest BCUT2D eigenvalue weighted by Crippen LogP contribution is -2.54. The van der Waals surface area contributed by atoms with Crippen molar-refractivity contribution >= 4 is 16.6 Å². The van der Waals surface area contributed by atoms with Crippen LogP contribution in [0.1, 0.15) is 47.3 Å². The van der Waals surface area contributed by atoms with Gasteiger partial charge in [-0.05, 0) is 73.6 Å². The molecule has 3 aromatic rings. The Bertz CT molecular complexity index is 1360. The van der Waals surface area contributed by atoms with E-state index in [1.807, 2.05) is 0 Å². The zero-order valence-electron chi connectivity index (χ0n) is 21.8. The zero-order chi connectivity index (χ0) is 27.5. The summed E-state index contributed by atoms with van der Waals surface area (Å²) in [6.07, 6.45) is 2.84. The number of likely N-dealkylation sites (tertiary alicyclic amines) is 1. The molecule has 5 nitrogen and oxygen atoms in total. The number of hydrogen-bond acceptors (Lipinski definition) is 4. The second-order valence-corrected chi connectivity index (χ2v) is 11.3. The zero-order valence-corrected chi connectivity index (χ0v) is 21.8. The molecule has 1 saturated heterocycles. The molecule has 0 bridgehead atoms. The van der Waals surface area contributed by atoms with Crippen molar-refractivity contribution in [1.29, 1.82) is 0 Å². The molecule has 6 rings (SSSR count). The molecule has 1 fully saturated rings. The maximum atomic E-state index is 15.8. The maximum Gasteiger partial charge on any atom is 0.283 e. The predicted octanol–water partition coefficient (Wildman–Crippen LogP) is 4.96. The molecule has 210 valence electrons. The van der Waals surface area contributed by atoms with Crippen molar-refractivity contribution in [3.8, 4) is 0 Å². The van der Waals surface area contributed by atoms with E-state index >= 15 is 8.78 Å². The number of rotatable bonds is 9. The standard InChI is InChI=1S/C29H33F5N4O/c1-16-7-22-21-8-17-3-4-18(17)9-25(21)36-27(22)28(38(16)14-29(33,34)15-39)26-23(31)10-19(11-24(26)32)35-20-12-37(13-20)6-2-5-30/h8-11,16,20,28,35-36,39H,2-7,12-15H2,1H3/t16-,28-/m0/s1. The number of aromatic amines is 1. The first kappa shape index (κ1) is 26.5. The van der Waals surface area contributed by atoms with Gasteiger partial charge in [0.1, 0.15) is 18.2 Å². The van der Waals surface area contributed by atoms with Crippen LogP contribution < -0.4 is 5.32 Å². The molecule has 3 N–H and O–H groups in total. The number of fused-ring (bicyclic) bond motifs is 4. The first-order chi connectivity index (χ1) is 18.7. The van der Waals surface area contributed by atoms with Crippen LogP contribution in [-0.4, -0.2) is 77.4 Å². The van der Waals surface area contributed by atoms with Crippen molar-refractivity contribution in [3.05, 3.63) is 63.8 Å². The smallest absolute Gasteiger partial charge is 0.283 e. The Morgan fingerprint density at radius 2 is 1.77 bits per heavy atom. The van der Waals surface area contributed by atoms with Crippen molar-refractivity contribution in [2.45, 2.75) is 56.7 Å². The van der Waals surface area contributed by atoms with Crippen LogP contribution in [0, 0.1) is 11.6 Å². The van der Waals surface area contributed by atoms with E-state index in [0.717, 1.165) is 29.3 Å². The van der Waals surface area contributed by atoms with Crippen LogP contribution >= 0.6 is 0 Å². The molecule has 1 aliphatic carbocycles. The van der Waals surface area contributed by atoms with Gasteiger partial charge in [-0.15, -0.1) is 0 Å². The molecule has 2 aliphatic heterocycles. The molecule has 3 heterocycles. The number of aliphatic hydroxyl groups is 1. The minimum absolute atomic E-state index is 0.0121. The Balaban J connectivity index is 1.37. The van der Waals surface area contributed by atoms with Crippen molar-refractivity contribution in [2.24, 2.45) is 0 Å². The third kappa shape index (κ3) is 4.80. The van der Waals surface area contributed by atoms with E-state index in [1.165, 1.54) is 28.2 Å². The summed E-state index contributed by atoms with van der Waals surface area (Å²) in [4.78, 5) is 6.80. The second kappa shape index (κ2) is 10.1. The number of aryl methyl sites for hydroxylation is 2. The summed E-state index contributed by atoms with van der Waals surface area (Å²) in [5.74, 6) is -5.08. The van der Waals surface area contributed by atoms with Gasteiger partial charge in [0.05, 0.1) is 25.3 Å². The van der Waals surface area contributed by atoms with E-state index < -0.39 is 42.8 Å². The van der Waals surface area contributed by atoms with Gasteiger partial charge in [-0.25, -0.2) is 17.6 Å². The molecule has 39 heavy (non-hydrogen) atoms. The SMILES string of the molecule is C[C@H]1Cc2c([nH]c3cc4c(cc23)CC4)[C@H](c2c(F)cc(NC3CN(CCCF)C3)cc2F)N1CC(F)(F)CO. The molecular weight excluding hydrogens is 515 g/mol. The highest BCUT2D eigenvalue weighted by Gasteiger charge is 2.43. The molecule has 2 atom stereocenters. The maximum absolute atomic E-state index is 15.8. The van der Waals surface area contributed by atoms with Crippen molar-refractivity contribution in [3.63, 3.8) is 0 Å². The topological polar surface area (TPSA) is 54.5 Å². The lowest BCUT2D eigenvalue weighted by atomic mass is 9.84. The Kier molecular flexibility index (Phi) is 6.84. The first-order valence-electron chi connectivity index (χ1n) is 13.6. The van der Waals surface area contributed by atoms with Gasteiger partial charge in [0.2, 0.25) is 0 Å². The summed E-state index contributed by atoms with van der Waals surface area (Å²) in [6.45, 7) is 1.15. The molecule has 0 amide bonds. The highest BCUT2D eigenvalue weighted by atomic mass is 19.3. The molecule has 0 unspecified atom stereocenters. The number of benzene rings is 2. The van der Waals surface area contributed by atoms with Gasteiger partial charge in [0.15, 0.2) is 0 Å². The number of H-pyrrole nitrogens is 1. The number of nitrogens with zero attached hydrogens (tertiary/aromatic N) is 2. The quantitative estimate of drug-likeness (QED) is 0.331. The molecule has 3 aliphatic rings. The summed E-state index contributed by atoms with van der Waals surface area (Å²) < 4.78 is 73.1. The number of aliphatic hydroxyl groups excluding tert-OH is 1. The molecule has 0 saturated carbocycles. The van der Waals surface area contributed by atoms with Gasteiger partial charge in [-0.1, -0.05) is 0 Å². The fraction of sp³-hybridized carbons (Fsp3) is 0.517. The van der Waals surface area contributed by atoms with Crippen LogP contribution in [0.5, 0.6) is 0 Å². The Morgan fingerprint density at radius 1 is 1.08 bits per heavy atom. The molecule has 0 radical (unpaired) electrons. The summed E-state index contributed by atoms with van der Waals surface area (Å²) in [5, 5.41) is 13.4. The monoisotopic (exact) mass is 548 g/mol. The van der Waals surface area contributed by atoms with Crippen LogP contribution in [0.15, 0.2) is 24.3 Å². The van der Waals surface area contributed by atoms with E-state index in [2.05, 4.69) is 27.3 Å². The number of anilines is 1. The number of nitrogens with one attached hydrogen (secondary N) is 2. The summed E-state index contributed by atoms with van der Waals surface area (Å²) >= 11 is 0. The highest BCUT2D eigenvalue weighted by Crippen LogP contribution is 2.45. The van der Waals surface area contributed by atoms with Crippen LogP contribution in [0.25, 0.3) is 10.9 Å². The van der Waals surface area contributed by atoms with Gasteiger partial charge in [-0.3, -0.25) is 14.2 Å². The molecule has 0 spiro atoms. The summed E-state index contributed by atoms with van der Waals surface area (Å²) in [6, 6.07) is 5.02. The number of hydrogen-bond donors (Lipinski definition) is 3. The molecule has 1 aromatic heterocycles. The first-order valence-corrected chi connectivity index (χ1v) is 13.6. The van der Waals surface area contributed by atoms with Crippen LogP contribution in [0.2, 0.25) is 0 Å². The van der Waals surface area contributed by atoms with E-state index in [0.29, 0.717) is 38.2 Å². The minimum atomic E-state index is -3.44. The average molecular weight is 549 g/mol. The normalized spacial score (nSPS) is 21.9. The number of aromatic nitrogens is 1. The number of halogens is 5. The fourth-order valence-corrected chi connectivity index (χ4v) is 6.42. The molecule has 10 heteroatoms. The van der Waals surface area contributed by atoms with Gasteiger partial charge in [-0.2, -0.15) is 0 Å². The molecule has 2 aromatic carbocycles. The molecular formula is C29H33F5N4O. The largest absolute Gasteiger partial charge is 0.390 e. The third-order valence-corrected chi connectivity index (χ3v) is 8.53. The average Bonchev–Trinajstić information content (AvgIpc) is 3.19. The Labute approximate surface area is 224 Å². The van der Waals surface area contributed by atoms with Crippen LogP contribution in [-0.2, 0) is 19.3 Å². The van der Waals surface area contributed by atoms with E-state index in [9.17, 15) is 18.3 Å². The van der Waals surface area contributed by atoms with Crippen molar-refractivity contribution in [2.75, 3.05) is 44.8 Å². The fourth-order valence-electron chi connectivity index (χ4n) is 6.42. The van der Waals surface area contributed by atoms with Crippen LogP contribution in [0.3, 0.4) is 0 Å². The Morgan fingerprint density at radius 3 is 2.41 bits per heavy atom. The third-order valence-electron chi connectivity index (χ3n) is 8.53. The van der Waals surface area contributed by atoms with E-state index in [4.69, 9.17) is 0 Å². The highest BCUT2D eigenvalue weighted by molar-refractivity contribution is 5.87. The van der Waals surface area contributed by atoms with E-state index in [-0.39, 0.29) is 24.0 Å². The lowest BCUT2D eigenvalue weighted by molar-refractivity contribution is -0.0869. The van der Waals surface area contributed by atoms with E-state index in [1.54, 1.807) is 6.92 Å². The van der Waals surface area contributed by atoms with Gasteiger partial charge < -0.3 is 15.4 Å².